The van der Waals surface area contributed by atoms with Gasteiger partial charge in [0.1, 0.15) is 10.1 Å². The van der Waals surface area contributed by atoms with E-state index in [1.165, 1.54) is 0 Å². The SMILES string of the molecule is C.C.CCOC(=S)SCS(=O)(=O)[O-].[K+]. The summed E-state index contributed by atoms with van der Waals surface area (Å²) in [6.07, 6.45) is 0. The summed E-state index contributed by atoms with van der Waals surface area (Å²) in [6, 6.07) is 0. The van der Waals surface area contributed by atoms with Gasteiger partial charge in [0.05, 0.1) is 11.7 Å². The fourth-order valence-corrected chi connectivity index (χ4v) is 1.99. The Morgan fingerprint density at radius 2 is 1.93 bits per heavy atom. The van der Waals surface area contributed by atoms with Gasteiger partial charge in [-0.3, -0.25) is 0 Å². The zero-order valence-electron chi connectivity index (χ0n) is 6.77. The van der Waals surface area contributed by atoms with E-state index in [0.29, 0.717) is 18.4 Å². The molecule has 8 heteroatoms. The summed E-state index contributed by atoms with van der Waals surface area (Å²) in [7, 11) is -4.19. The molecule has 0 aromatic carbocycles. The second-order valence-electron chi connectivity index (χ2n) is 1.50. The number of hydrogen-bond donors (Lipinski definition) is 0. The van der Waals surface area contributed by atoms with Crippen LogP contribution in [0.2, 0.25) is 0 Å². The Bertz CT molecular complexity index is 227. The molecule has 0 amide bonds. The molecular formula is C6H15KO4S3. The molecule has 4 nitrogen and oxygen atoms in total. The summed E-state index contributed by atoms with van der Waals surface area (Å²) >= 11 is 5.28. The summed E-state index contributed by atoms with van der Waals surface area (Å²) in [4.78, 5) is 0. The van der Waals surface area contributed by atoms with Crippen molar-refractivity contribution in [1.29, 1.82) is 0 Å². The van der Waals surface area contributed by atoms with E-state index >= 15 is 0 Å². The number of thiocarbonyl (C=S) groups is 1. The minimum absolute atomic E-state index is 0. The molecule has 0 atom stereocenters. The van der Waals surface area contributed by atoms with Crippen LogP contribution in [0, 0.1) is 0 Å². The van der Waals surface area contributed by atoms with E-state index in [4.69, 9.17) is 4.74 Å². The minimum Gasteiger partial charge on any atom is -0.747 e. The van der Waals surface area contributed by atoms with Crippen molar-refractivity contribution >= 4 is 38.5 Å². The third-order valence-corrected chi connectivity index (χ3v) is 3.03. The van der Waals surface area contributed by atoms with Gasteiger partial charge in [0, 0.05) is 0 Å². The smallest absolute Gasteiger partial charge is 0.747 e. The Morgan fingerprint density at radius 3 is 2.21 bits per heavy atom. The van der Waals surface area contributed by atoms with E-state index in [9.17, 15) is 13.0 Å². The average Bonchev–Trinajstić information content (AvgIpc) is 1.83. The first kappa shape index (κ1) is 24.8. The molecule has 0 aromatic rings. The van der Waals surface area contributed by atoms with Crippen LogP contribution in [0.25, 0.3) is 0 Å². The maximum Gasteiger partial charge on any atom is 1.00 e. The van der Waals surface area contributed by atoms with Crippen molar-refractivity contribution < 1.29 is 69.1 Å². The van der Waals surface area contributed by atoms with Crippen molar-refractivity contribution in [1.82, 2.24) is 0 Å². The quantitative estimate of drug-likeness (QED) is 0.370. The van der Waals surface area contributed by atoms with Crippen molar-refractivity contribution in [3.05, 3.63) is 0 Å². The van der Waals surface area contributed by atoms with Crippen molar-refractivity contribution in [3.8, 4) is 0 Å². The van der Waals surface area contributed by atoms with E-state index in [-0.39, 0.29) is 70.6 Å². The molecule has 0 unspecified atom stereocenters. The third-order valence-electron chi connectivity index (χ3n) is 0.583. The minimum atomic E-state index is -4.19. The molecular weight excluding hydrogens is 271 g/mol. The van der Waals surface area contributed by atoms with Crippen LogP contribution in [0.3, 0.4) is 0 Å². The second kappa shape index (κ2) is 12.9. The van der Waals surface area contributed by atoms with E-state index in [1.807, 2.05) is 0 Å². The van der Waals surface area contributed by atoms with Gasteiger partial charge in [-0.2, -0.15) is 0 Å². The predicted molar refractivity (Wildman–Crippen MR) is 59.8 cm³/mol. The van der Waals surface area contributed by atoms with Gasteiger partial charge in [0.15, 0.2) is 0 Å². The van der Waals surface area contributed by atoms with Gasteiger partial charge in [-0.25, -0.2) is 8.42 Å². The van der Waals surface area contributed by atoms with Crippen LogP contribution < -0.4 is 51.4 Å². The Hall–Kier alpha value is 1.79. The van der Waals surface area contributed by atoms with E-state index in [2.05, 4.69) is 12.2 Å². The summed E-state index contributed by atoms with van der Waals surface area (Å²) in [5, 5.41) is -0.564. The Balaban J connectivity index is -0.000000167. The first-order valence-electron chi connectivity index (χ1n) is 2.69. The van der Waals surface area contributed by atoms with Gasteiger partial charge < -0.3 is 9.29 Å². The van der Waals surface area contributed by atoms with Crippen molar-refractivity contribution in [2.75, 3.05) is 11.7 Å². The van der Waals surface area contributed by atoms with Crippen LogP contribution in [-0.2, 0) is 14.9 Å². The fourth-order valence-electron chi connectivity index (χ4n) is 0.280. The van der Waals surface area contributed by atoms with E-state index < -0.39 is 15.2 Å². The summed E-state index contributed by atoms with van der Waals surface area (Å²) in [6.45, 7) is 2.10. The standard InChI is InChI=1S/C4H8O4S3.2CH4.K/c1-2-8-4(9)10-3-11(5,6)7;;;/h2-3H2,1H3,(H,5,6,7);2*1H4;/q;;;+1/p-1. The van der Waals surface area contributed by atoms with Crippen LogP contribution in [-0.4, -0.2) is 29.0 Å². The molecule has 0 aliphatic heterocycles. The molecule has 0 aliphatic carbocycles. The second-order valence-corrected chi connectivity index (χ2v) is 4.85. The molecule has 0 saturated heterocycles. The van der Waals surface area contributed by atoms with E-state index in [0.717, 1.165) is 0 Å². The largest absolute Gasteiger partial charge is 1.00 e. The Morgan fingerprint density at radius 1 is 1.50 bits per heavy atom. The maximum atomic E-state index is 10.0. The number of thioether (sulfide) groups is 1. The van der Waals surface area contributed by atoms with Gasteiger partial charge in [-0.1, -0.05) is 26.6 Å². The van der Waals surface area contributed by atoms with Crippen molar-refractivity contribution in [2.45, 2.75) is 21.8 Å². The third kappa shape index (κ3) is 19.4. The Kier molecular flexibility index (Phi) is 22.8. The molecule has 0 aromatic heterocycles. The molecule has 14 heavy (non-hydrogen) atoms. The number of ether oxygens (including phenoxy) is 1. The predicted octanol–water partition coefficient (Wildman–Crippen LogP) is -1.18. The van der Waals surface area contributed by atoms with Crippen LogP contribution in [0.4, 0.5) is 0 Å². The normalized spacial score (nSPS) is 8.71. The van der Waals surface area contributed by atoms with Gasteiger partial charge in [0.2, 0.25) is 4.38 Å². The molecule has 0 radical (unpaired) electrons. The zero-order chi connectivity index (χ0) is 8.91. The molecule has 0 rings (SSSR count). The van der Waals surface area contributed by atoms with Crippen LogP contribution in [0.5, 0.6) is 0 Å². The molecule has 0 N–H and O–H groups in total. The summed E-state index contributed by atoms with van der Waals surface area (Å²) < 4.78 is 35.0. The fraction of sp³-hybridized carbons (Fsp3) is 0.833. The van der Waals surface area contributed by atoms with Gasteiger partial charge in [-0.15, -0.1) is 0 Å². The average molecular weight is 286 g/mol. The molecule has 82 valence electrons. The monoisotopic (exact) mass is 286 g/mol. The topological polar surface area (TPSA) is 66.4 Å². The summed E-state index contributed by atoms with van der Waals surface area (Å²) in [5.74, 6) is 0. The van der Waals surface area contributed by atoms with Crippen LogP contribution in [0.1, 0.15) is 21.8 Å². The first-order valence-corrected chi connectivity index (χ1v) is 5.66. The van der Waals surface area contributed by atoms with Crippen LogP contribution in [0.15, 0.2) is 0 Å². The number of hydrogen-bond acceptors (Lipinski definition) is 6. The van der Waals surface area contributed by atoms with Crippen molar-refractivity contribution in [3.63, 3.8) is 0 Å². The number of rotatable bonds is 3. The molecule has 0 fully saturated rings. The van der Waals surface area contributed by atoms with Crippen LogP contribution >= 0.6 is 24.0 Å². The Labute approximate surface area is 139 Å². The maximum absolute atomic E-state index is 10.0. The molecule has 0 saturated carbocycles. The molecule has 0 aliphatic rings. The zero-order valence-corrected chi connectivity index (χ0v) is 12.3. The van der Waals surface area contributed by atoms with E-state index in [1.54, 1.807) is 6.92 Å². The van der Waals surface area contributed by atoms with Crippen molar-refractivity contribution in [2.24, 2.45) is 0 Å². The van der Waals surface area contributed by atoms with Gasteiger partial charge in [0.25, 0.3) is 0 Å². The summed E-state index contributed by atoms with van der Waals surface area (Å²) in [5.41, 5.74) is 0. The molecule has 0 heterocycles. The first-order chi connectivity index (χ1) is 4.95. The van der Waals surface area contributed by atoms with Gasteiger partial charge >= 0.3 is 51.4 Å². The van der Waals surface area contributed by atoms with Gasteiger partial charge in [-0.05, 0) is 19.1 Å². The molecule has 0 spiro atoms. The molecule has 0 bridgehead atoms.